The Morgan fingerprint density at radius 3 is 2.37 bits per heavy atom. The fourth-order valence-corrected chi connectivity index (χ4v) is 3.09. The van der Waals surface area contributed by atoms with E-state index in [4.69, 9.17) is 5.11 Å². The van der Waals surface area contributed by atoms with Crippen LogP contribution in [0.2, 0.25) is 0 Å². The van der Waals surface area contributed by atoms with Crippen molar-refractivity contribution in [3.63, 3.8) is 0 Å². The predicted molar refractivity (Wildman–Crippen MR) is 76.7 cm³/mol. The molecule has 1 rings (SSSR count). The molecule has 1 aromatic carbocycles. The van der Waals surface area contributed by atoms with Crippen molar-refractivity contribution in [2.24, 2.45) is 0 Å². The van der Waals surface area contributed by atoms with Crippen LogP contribution in [-0.4, -0.2) is 38.0 Å². The Morgan fingerprint density at radius 2 is 1.79 bits per heavy atom. The SMILES string of the molecule is Cc1ccc(S(=O)(=O)N(C)CCCCCO)cc1C. The number of aliphatic hydroxyl groups excluding tert-OH is 1. The van der Waals surface area contributed by atoms with Crippen LogP contribution in [0.1, 0.15) is 30.4 Å². The van der Waals surface area contributed by atoms with Crippen molar-refractivity contribution < 1.29 is 13.5 Å². The van der Waals surface area contributed by atoms with Gasteiger partial charge >= 0.3 is 0 Å². The number of sulfonamides is 1. The average molecular weight is 285 g/mol. The molecule has 0 aliphatic rings. The highest BCUT2D eigenvalue weighted by Crippen LogP contribution is 2.18. The first-order valence-electron chi connectivity index (χ1n) is 6.54. The van der Waals surface area contributed by atoms with Crippen LogP contribution in [0.5, 0.6) is 0 Å². The van der Waals surface area contributed by atoms with Gasteiger partial charge in [0, 0.05) is 20.2 Å². The third kappa shape index (κ3) is 4.30. The van der Waals surface area contributed by atoms with Gasteiger partial charge in [0.05, 0.1) is 4.90 Å². The lowest BCUT2D eigenvalue weighted by Gasteiger charge is -2.17. The summed E-state index contributed by atoms with van der Waals surface area (Å²) in [6.45, 7) is 4.52. The van der Waals surface area contributed by atoms with Crippen LogP contribution in [0.25, 0.3) is 0 Å². The molecule has 108 valence electrons. The summed E-state index contributed by atoms with van der Waals surface area (Å²) in [7, 11) is -1.79. The smallest absolute Gasteiger partial charge is 0.242 e. The second kappa shape index (κ2) is 7.03. The van der Waals surface area contributed by atoms with E-state index in [-0.39, 0.29) is 6.61 Å². The van der Waals surface area contributed by atoms with Crippen molar-refractivity contribution in [2.45, 2.75) is 38.0 Å². The molecule has 0 saturated carbocycles. The van der Waals surface area contributed by atoms with Crippen molar-refractivity contribution in [3.05, 3.63) is 29.3 Å². The summed E-state index contributed by atoms with van der Waals surface area (Å²) in [6, 6.07) is 5.21. The molecule has 0 amide bonds. The maximum atomic E-state index is 12.3. The first kappa shape index (κ1) is 16.1. The van der Waals surface area contributed by atoms with E-state index in [9.17, 15) is 8.42 Å². The number of hydrogen-bond donors (Lipinski definition) is 1. The number of hydrogen-bond acceptors (Lipinski definition) is 3. The molecule has 0 saturated heterocycles. The minimum atomic E-state index is -3.39. The van der Waals surface area contributed by atoms with Gasteiger partial charge in [-0.3, -0.25) is 0 Å². The standard InChI is InChI=1S/C14H23NO3S/c1-12-7-8-14(11-13(12)2)19(17,18)15(3)9-5-4-6-10-16/h7-8,11,16H,4-6,9-10H2,1-3H3. The first-order valence-corrected chi connectivity index (χ1v) is 7.98. The number of unbranched alkanes of at least 4 members (excludes halogenated alkanes) is 2. The van der Waals surface area contributed by atoms with Crippen molar-refractivity contribution >= 4 is 10.0 Å². The van der Waals surface area contributed by atoms with Gasteiger partial charge in [0.2, 0.25) is 10.0 Å². The molecule has 1 N–H and O–H groups in total. The molecule has 5 heteroatoms. The van der Waals surface area contributed by atoms with Crippen LogP contribution < -0.4 is 0 Å². The lowest BCUT2D eigenvalue weighted by atomic mass is 10.1. The summed E-state index contributed by atoms with van der Waals surface area (Å²) in [4.78, 5) is 0.347. The zero-order chi connectivity index (χ0) is 14.5. The van der Waals surface area contributed by atoms with Gasteiger partial charge in [-0.15, -0.1) is 0 Å². The molecule has 0 radical (unpaired) electrons. The Bertz CT molecular complexity index is 511. The third-order valence-corrected chi connectivity index (χ3v) is 5.17. The molecule has 1 aromatic rings. The Morgan fingerprint density at radius 1 is 1.11 bits per heavy atom. The second-order valence-electron chi connectivity index (χ2n) is 4.86. The van der Waals surface area contributed by atoms with Gasteiger partial charge in [-0.1, -0.05) is 6.07 Å². The van der Waals surface area contributed by atoms with E-state index in [0.717, 1.165) is 30.4 Å². The maximum absolute atomic E-state index is 12.3. The molecule has 19 heavy (non-hydrogen) atoms. The predicted octanol–water partition coefficient (Wildman–Crippen LogP) is 2.09. The van der Waals surface area contributed by atoms with Gasteiger partial charge in [-0.05, 0) is 56.4 Å². The monoisotopic (exact) mass is 285 g/mol. The first-order chi connectivity index (χ1) is 8.89. The minimum absolute atomic E-state index is 0.160. The Balaban J connectivity index is 2.76. The molecule has 4 nitrogen and oxygen atoms in total. The summed E-state index contributed by atoms with van der Waals surface area (Å²) in [5.74, 6) is 0. The summed E-state index contributed by atoms with van der Waals surface area (Å²) < 4.78 is 26.1. The number of rotatable bonds is 7. The lowest BCUT2D eigenvalue weighted by molar-refractivity contribution is 0.281. The second-order valence-corrected chi connectivity index (χ2v) is 6.90. The Kier molecular flexibility index (Phi) is 5.97. The van der Waals surface area contributed by atoms with Gasteiger partial charge in [-0.25, -0.2) is 12.7 Å². The summed E-state index contributed by atoms with van der Waals surface area (Å²) in [5, 5.41) is 8.69. The minimum Gasteiger partial charge on any atom is -0.396 e. The lowest BCUT2D eigenvalue weighted by Crippen LogP contribution is -2.28. The molecule has 0 aromatic heterocycles. The van der Waals surface area contributed by atoms with Crippen molar-refractivity contribution in [1.29, 1.82) is 0 Å². The van der Waals surface area contributed by atoms with E-state index in [0.29, 0.717) is 11.4 Å². The molecule has 0 bridgehead atoms. The quantitative estimate of drug-likeness (QED) is 0.780. The number of aliphatic hydroxyl groups is 1. The van der Waals surface area contributed by atoms with Crippen LogP contribution in [0.3, 0.4) is 0 Å². The number of aryl methyl sites for hydroxylation is 2. The van der Waals surface area contributed by atoms with Crippen molar-refractivity contribution in [1.82, 2.24) is 4.31 Å². The fraction of sp³-hybridized carbons (Fsp3) is 0.571. The van der Waals surface area contributed by atoms with E-state index in [2.05, 4.69) is 0 Å². The molecule has 0 spiro atoms. The van der Waals surface area contributed by atoms with Gasteiger partial charge in [0.25, 0.3) is 0 Å². The highest BCUT2D eigenvalue weighted by atomic mass is 32.2. The number of benzene rings is 1. The topological polar surface area (TPSA) is 57.6 Å². The number of nitrogens with zero attached hydrogens (tertiary/aromatic N) is 1. The van der Waals surface area contributed by atoms with Crippen molar-refractivity contribution in [2.75, 3.05) is 20.2 Å². The van der Waals surface area contributed by atoms with Crippen LogP contribution in [0.15, 0.2) is 23.1 Å². The Labute approximate surface area is 116 Å². The molecule has 0 aliphatic carbocycles. The van der Waals surface area contributed by atoms with E-state index in [1.165, 1.54) is 4.31 Å². The summed E-state index contributed by atoms with van der Waals surface area (Å²) >= 11 is 0. The van der Waals surface area contributed by atoms with Crippen LogP contribution in [-0.2, 0) is 10.0 Å². The summed E-state index contributed by atoms with van der Waals surface area (Å²) in [6.07, 6.45) is 2.32. The molecule has 0 aliphatic heterocycles. The molecule has 0 atom stereocenters. The highest BCUT2D eigenvalue weighted by molar-refractivity contribution is 7.89. The van der Waals surface area contributed by atoms with Crippen molar-refractivity contribution in [3.8, 4) is 0 Å². The normalized spacial score (nSPS) is 12.1. The highest BCUT2D eigenvalue weighted by Gasteiger charge is 2.20. The van der Waals surface area contributed by atoms with Crippen LogP contribution >= 0.6 is 0 Å². The van der Waals surface area contributed by atoms with Crippen LogP contribution in [0.4, 0.5) is 0 Å². The van der Waals surface area contributed by atoms with E-state index in [1.54, 1.807) is 19.2 Å². The van der Waals surface area contributed by atoms with E-state index < -0.39 is 10.0 Å². The van der Waals surface area contributed by atoms with Gasteiger partial charge in [0.1, 0.15) is 0 Å². The zero-order valence-electron chi connectivity index (χ0n) is 11.9. The van der Waals surface area contributed by atoms with Gasteiger partial charge < -0.3 is 5.11 Å². The summed E-state index contributed by atoms with van der Waals surface area (Å²) in [5.41, 5.74) is 2.07. The zero-order valence-corrected chi connectivity index (χ0v) is 12.7. The third-order valence-electron chi connectivity index (χ3n) is 3.32. The van der Waals surface area contributed by atoms with E-state index >= 15 is 0 Å². The van der Waals surface area contributed by atoms with Crippen LogP contribution in [0, 0.1) is 13.8 Å². The largest absolute Gasteiger partial charge is 0.396 e. The van der Waals surface area contributed by atoms with E-state index in [1.807, 2.05) is 19.9 Å². The van der Waals surface area contributed by atoms with Gasteiger partial charge in [-0.2, -0.15) is 0 Å². The van der Waals surface area contributed by atoms with Gasteiger partial charge in [0.15, 0.2) is 0 Å². The maximum Gasteiger partial charge on any atom is 0.242 e. The fourth-order valence-electron chi connectivity index (χ4n) is 1.80. The molecule has 0 heterocycles. The molecule has 0 fully saturated rings. The Hall–Kier alpha value is -0.910. The molecule has 0 unspecified atom stereocenters. The molecular weight excluding hydrogens is 262 g/mol. The molecular formula is C14H23NO3S. The average Bonchev–Trinajstić information content (AvgIpc) is 2.37.